The van der Waals surface area contributed by atoms with E-state index < -0.39 is 0 Å². The van der Waals surface area contributed by atoms with Crippen LogP contribution in [0.4, 0.5) is 16.2 Å². The molecule has 6 nitrogen and oxygen atoms in total. The third kappa shape index (κ3) is 3.55. The highest BCUT2D eigenvalue weighted by atomic mass is 16.2. The number of carbonyl (C=O) groups is 2. The molecule has 1 aromatic carbocycles. The van der Waals surface area contributed by atoms with Gasteiger partial charge in [0.2, 0.25) is 0 Å². The van der Waals surface area contributed by atoms with Crippen molar-refractivity contribution < 1.29 is 9.59 Å². The van der Waals surface area contributed by atoms with Gasteiger partial charge in [-0.25, -0.2) is 4.79 Å². The van der Waals surface area contributed by atoms with Crippen molar-refractivity contribution in [3.63, 3.8) is 0 Å². The van der Waals surface area contributed by atoms with Crippen LogP contribution in [0.3, 0.4) is 0 Å². The average Bonchev–Trinajstić information content (AvgIpc) is 2.48. The summed E-state index contributed by atoms with van der Waals surface area (Å²) in [6, 6.07) is 9.83. The smallest absolute Gasteiger partial charge is 0.318 e. The molecule has 20 heavy (non-hydrogen) atoms. The van der Waals surface area contributed by atoms with E-state index in [1.165, 1.54) is 7.05 Å². The fourth-order valence-corrected chi connectivity index (χ4v) is 1.57. The highest BCUT2D eigenvalue weighted by molar-refractivity contribution is 6.04. The number of benzene rings is 1. The van der Waals surface area contributed by atoms with Crippen molar-refractivity contribution in [1.82, 2.24) is 10.3 Å². The van der Waals surface area contributed by atoms with E-state index in [1.54, 1.807) is 48.8 Å². The number of carbonyl (C=O) groups excluding carboxylic acids is 2. The van der Waals surface area contributed by atoms with E-state index in [4.69, 9.17) is 0 Å². The number of nitrogens with one attached hydrogen (secondary N) is 3. The van der Waals surface area contributed by atoms with Crippen LogP contribution < -0.4 is 16.0 Å². The first-order chi connectivity index (χ1) is 9.69. The van der Waals surface area contributed by atoms with E-state index in [-0.39, 0.29) is 11.9 Å². The van der Waals surface area contributed by atoms with Gasteiger partial charge in [-0.2, -0.15) is 0 Å². The van der Waals surface area contributed by atoms with E-state index in [9.17, 15) is 9.59 Å². The number of nitrogens with zero attached hydrogens (tertiary/aromatic N) is 1. The van der Waals surface area contributed by atoms with Crippen LogP contribution in [0.5, 0.6) is 0 Å². The normalized spacial score (nSPS) is 9.65. The molecule has 0 fully saturated rings. The quantitative estimate of drug-likeness (QED) is 0.798. The van der Waals surface area contributed by atoms with Gasteiger partial charge in [0.15, 0.2) is 0 Å². The summed E-state index contributed by atoms with van der Waals surface area (Å²) < 4.78 is 0. The maximum absolute atomic E-state index is 12.0. The number of hydrogen-bond donors (Lipinski definition) is 3. The molecule has 0 aliphatic rings. The summed E-state index contributed by atoms with van der Waals surface area (Å²) in [6.07, 6.45) is 3.11. The van der Waals surface area contributed by atoms with Crippen molar-refractivity contribution in [1.29, 1.82) is 0 Å². The molecule has 3 amide bonds. The van der Waals surface area contributed by atoms with E-state index in [2.05, 4.69) is 20.9 Å². The lowest BCUT2D eigenvalue weighted by Crippen LogP contribution is -2.24. The van der Waals surface area contributed by atoms with Gasteiger partial charge in [-0.3, -0.25) is 9.78 Å². The number of anilines is 2. The van der Waals surface area contributed by atoms with Crippen LogP contribution >= 0.6 is 0 Å². The Morgan fingerprint density at radius 2 is 1.65 bits per heavy atom. The zero-order valence-electron chi connectivity index (χ0n) is 10.9. The van der Waals surface area contributed by atoms with Crippen molar-refractivity contribution in [2.75, 3.05) is 17.7 Å². The Morgan fingerprint density at radius 3 is 2.30 bits per heavy atom. The van der Waals surface area contributed by atoms with Crippen LogP contribution in [0.1, 0.15) is 10.4 Å². The second-order valence-electron chi connectivity index (χ2n) is 3.97. The van der Waals surface area contributed by atoms with Crippen molar-refractivity contribution in [3.05, 3.63) is 54.4 Å². The van der Waals surface area contributed by atoms with Crippen LogP contribution in [-0.4, -0.2) is 24.0 Å². The zero-order chi connectivity index (χ0) is 14.4. The third-order valence-corrected chi connectivity index (χ3v) is 2.55. The standard InChI is InChI=1S/C14H14N4O2/c1-15-14(20)18-12-4-2-3-11(9-12)17-13(19)10-5-7-16-8-6-10/h2-9H,1H3,(H,17,19)(H2,15,18,20). The lowest BCUT2D eigenvalue weighted by atomic mass is 10.2. The van der Waals surface area contributed by atoms with Crippen molar-refractivity contribution in [2.45, 2.75) is 0 Å². The molecule has 3 N–H and O–H groups in total. The summed E-state index contributed by atoms with van der Waals surface area (Å²) in [5.74, 6) is -0.232. The minimum atomic E-state index is -0.317. The Morgan fingerprint density at radius 1 is 1.00 bits per heavy atom. The summed E-state index contributed by atoms with van der Waals surface area (Å²) in [5, 5.41) is 7.84. The summed E-state index contributed by atoms with van der Waals surface area (Å²) in [7, 11) is 1.53. The van der Waals surface area contributed by atoms with Crippen molar-refractivity contribution >= 4 is 23.3 Å². The average molecular weight is 270 g/mol. The molecule has 102 valence electrons. The highest BCUT2D eigenvalue weighted by Gasteiger charge is 2.06. The monoisotopic (exact) mass is 270 g/mol. The van der Waals surface area contributed by atoms with E-state index in [0.29, 0.717) is 16.9 Å². The molecule has 0 saturated heterocycles. The summed E-state index contributed by atoms with van der Waals surface area (Å²) >= 11 is 0. The van der Waals surface area contributed by atoms with Crippen molar-refractivity contribution in [3.8, 4) is 0 Å². The first-order valence-corrected chi connectivity index (χ1v) is 5.99. The SMILES string of the molecule is CNC(=O)Nc1cccc(NC(=O)c2ccncc2)c1. The molecule has 0 spiro atoms. The van der Waals surface area contributed by atoms with Gasteiger partial charge in [0.1, 0.15) is 0 Å². The predicted molar refractivity (Wildman–Crippen MR) is 76.7 cm³/mol. The predicted octanol–water partition coefficient (Wildman–Crippen LogP) is 2.09. The fourth-order valence-electron chi connectivity index (χ4n) is 1.57. The van der Waals surface area contributed by atoms with Gasteiger partial charge in [-0.15, -0.1) is 0 Å². The van der Waals surface area contributed by atoms with Crippen LogP contribution in [0.2, 0.25) is 0 Å². The first-order valence-electron chi connectivity index (χ1n) is 5.99. The van der Waals surface area contributed by atoms with Gasteiger partial charge in [-0.05, 0) is 30.3 Å². The van der Waals surface area contributed by atoms with Gasteiger partial charge >= 0.3 is 6.03 Å². The maximum atomic E-state index is 12.0. The largest absolute Gasteiger partial charge is 0.341 e. The van der Waals surface area contributed by atoms with Crippen molar-refractivity contribution in [2.24, 2.45) is 0 Å². The molecule has 2 aromatic rings. The lowest BCUT2D eigenvalue weighted by Gasteiger charge is -2.08. The van der Waals surface area contributed by atoms with Crippen LogP contribution in [0.25, 0.3) is 0 Å². The molecule has 2 rings (SSSR count). The lowest BCUT2D eigenvalue weighted by molar-refractivity contribution is 0.102. The minimum Gasteiger partial charge on any atom is -0.341 e. The van der Waals surface area contributed by atoms with Gasteiger partial charge in [0, 0.05) is 36.4 Å². The van der Waals surface area contributed by atoms with Gasteiger partial charge in [0.25, 0.3) is 5.91 Å². The first kappa shape index (κ1) is 13.5. The molecule has 6 heteroatoms. The second kappa shape index (κ2) is 6.33. The number of aromatic nitrogens is 1. The Hall–Kier alpha value is -2.89. The summed E-state index contributed by atoms with van der Waals surface area (Å²) in [5.41, 5.74) is 1.71. The van der Waals surface area contributed by atoms with Crippen LogP contribution in [0.15, 0.2) is 48.8 Å². The third-order valence-electron chi connectivity index (χ3n) is 2.55. The van der Waals surface area contributed by atoms with Crippen LogP contribution in [-0.2, 0) is 0 Å². The molecule has 0 saturated carbocycles. The van der Waals surface area contributed by atoms with Gasteiger partial charge in [-0.1, -0.05) is 6.07 Å². The summed E-state index contributed by atoms with van der Waals surface area (Å²) in [6.45, 7) is 0. The molecule has 1 aromatic heterocycles. The molecule has 0 unspecified atom stereocenters. The Bertz CT molecular complexity index is 614. The molecule has 0 radical (unpaired) electrons. The molecular weight excluding hydrogens is 256 g/mol. The molecule has 0 aliphatic carbocycles. The minimum absolute atomic E-state index is 0.232. The Labute approximate surface area is 116 Å². The molecule has 0 atom stereocenters. The number of amides is 3. The fraction of sp³-hybridized carbons (Fsp3) is 0.0714. The van der Waals surface area contributed by atoms with Crippen LogP contribution in [0, 0.1) is 0 Å². The Kier molecular flexibility index (Phi) is 4.28. The zero-order valence-corrected chi connectivity index (χ0v) is 10.9. The second-order valence-corrected chi connectivity index (χ2v) is 3.97. The topological polar surface area (TPSA) is 83.1 Å². The summed E-state index contributed by atoms with van der Waals surface area (Å²) in [4.78, 5) is 27.0. The number of urea groups is 1. The highest BCUT2D eigenvalue weighted by Crippen LogP contribution is 2.15. The van der Waals surface area contributed by atoms with Gasteiger partial charge in [0.05, 0.1) is 0 Å². The Balaban J connectivity index is 2.08. The molecule has 0 aliphatic heterocycles. The number of rotatable bonds is 3. The van der Waals surface area contributed by atoms with E-state index in [1.807, 2.05) is 0 Å². The number of hydrogen-bond acceptors (Lipinski definition) is 3. The van der Waals surface area contributed by atoms with Gasteiger partial charge < -0.3 is 16.0 Å². The molecule has 0 bridgehead atoms. The molecule has 1 heterocycles. The molecular formula is C14H14N4O2. The van der Waals surface area contributed by atoms with E-state index in [0.717, 1.165) is 0 Å². The van der Waals surface area contributed by atoms with E-state index >= 15 is 0 Å². The maximum Gasteiger partial charge on any atom is 0.318 e. The number of pyridine rings is 1.